The highest BCUT2D eigenvalue weighted by Crippen LogP contribution is 2.42. The number of hydrogen-bond acceptors (Lipinski definition) is 8. The Balaban J connectivity index is 0.00000122. The number of nitrogens with zero attached hydrogens (tertiary/aromatic N) is 3. The number of aliphatic carboxylic acids is 1. The summed E-state index contributed by atoms with van der Waals surface area (Å²) in [5.41, 5.74) is 2.11. The van der Waals surface area contributed by atoms with Gasteiger partial charge in [-0.2, -0.15) is 24.9 Å². The van der Waals surface area contributed by atoms with Gasteiger partial charge in [0.1, 0.15) is 11.6 Å². The van der Waals surface area contributed by atoms with Gasteiger partial charge < -0.3 is 30.5 Å². The molecule has 2 aliphatic rings. The molecule has 0 bridgehead atoms. The predicted molar refractivity (Wildman–Crippen MR) is 236 cm³/mol. The summed E-state index contributed by atoms with van der Waals surface area (Å²) < 4.78 is 63.4. The Morgan fingerprint density at radius 1 is 0.908 bits per heavy atom. The van der Waals surface area contributed by atoms with Gasteiger partial charge in [-0.25, -0.2) is 13.6 Å². The number of unbranched alkanes of at least 4 members (excludes halogenated alkanes) is 2. The Morgan fingerprint density at radius 3 is 2.15 bits per heavy atom. The number of halogens is 5. The van der Waals surface area contributed by atoms with Gasteiger partial charge in [0.25, 0.3) is 11.8 Å². The second kappa shape index (κ2) is 24.7. The average Bonchev–Trinajstić information content (AvgIpc) is 3.99. The molecule has 0 spiro atoms. The molecule has 13 nitrogen and oxygen atoms in total. The van der Waals surface area contributed by atoms with E-state index in [-0.39, 0.29) is 66.3 Å². The zero-order valence-corrected chi connectivity index (χ0v) is 37.5. The van der Waals surface area contributed by atoms with E-state index in [1.54, 1.807) is 0 Å². The quantitative estimate of drug-likeness (QED) is 0.0531. The van der Waals surface area contributed by atoms with Crippen LogP contribution in [0.4, 0.5) is 22.0 Å². The molecule has 3 aromatic rings. The van der Waals surface area contributed by atoms with Crippen molar-refractivity contribution in [3.63, 3.8) is 0 Å². The average molecular weight is 933 g/mol. The lowest BCUT2D eigenvalue weighted by atomic mass is 9.82. The van der Waals surface area contributed by atoms with Crippen LogP contribution in [0.2, 0.25) is 0 Å². The van der Waals surface area contributed by atoms with Gasteiger partial charge in [-0.15, -0.1) is 0 Å². The lowest BCUT2D eigenvalue weighted by Crippen LogP contribution is -2.45. The molecule has 4 N–H and O–H groups in total. The Bertz CT molecular complexity index is 2120. The molecule has 1 aromatic heterocycles. The van der Waals surface area contributed by atoms with Crippen molar-refractivity contribution in [3.05, 3.63) is 95.8 Å². The minimum absolute atomic E-state index is 0.0547. The Labute approximate surface area is 379 Å². The van der Waals surface area contributed by atoms with Crippen molar-refractivity contribution >= 4 is 47.3 Å². The highest BCUT2D eigenvalue weighted by Gasteiger charge is 2.39. The number of benzene rings is 2. The topological polar surface area (TPSA) is 170 Å². The molecule has 1 fully saturated rings. The van der Waals surface area contributed by atoms with Crippen molar-refractivity contribution in [2.45, 2.75) is 78.1 Å². The molecule has 0 saturated carbocycles. The first-order valence-corrected chi connectivity index (χ1v) is 22.5. The third-order valence-electron chi connectivity index (χ3n) is 10.6. The van der Waals surface area contributed by atoms with Gasteiger partial charge in [0.05, 0.1) is 11.8 Å². The molecule has 2 aromatic carbocycles. The maximum atomic E-state index is 15.2. The van der Waals surface area contributed by atoms with Crippen LogP contribution in [0.15, 0.2) is 72.9 Å². The minimum Gasteiger partial charge on any atom is -0.475 e. The van der Waals surface area contributed by atoms with Gasteiger partial charge in [-0.3, -0.25) is 28.9 Å². The summed E-state index contributed by atoms with van der Waals surface area (Å²) in [5, 5.41) is 16.2. The first-order chi connectivity index (χ1) is 30.7. The first-order valence-electron chi connectivity index (χ1n) is 21.4. The third-order valence-corrected chi connectivity index (χ3v) is 11.6. The molecule has 65 heavy (non-hydrogen) atoms. The van der Waals surface area contributed by atoms with E-state index in [9.17, 15) is 41.5 Å². The van der Waals surface area contributed by atoms with E-state index in [2.05, 4.69) is 41.3 Å². The molecule has 1 unspecified atom stereocenters. The molecular weight excluding hydrogens is 876 g/mol. The number of alkyl halides is 3. The number of carbonyl (C=O) groups is 6. The fourth-order valence-corrected chi connectivity index (χ4v) is 8.30. The first kappa shape index (κ1) is 52.1. The summed E-state index contributed by atoms with van der Waals surface area (Å²) in [6.07, 6.45) is 2.70. The lowest BCUT2D eigenvalue weighted by molar-refractivity contribution is -0.192. The summed E-state index contributed by atoms with van der Waals surface area (Å²) in [5.74, 6) is -3.93. The van der Waals surface area contributed by atoms with Crippen molar-refractivity contribution < 1.29 is 55.8 Å². The van der Waals surface area contributed by atoms with Crippen LogP contribution in [0.1, 0.15) is 76.6 Å². The third kappa shape index (κ3) is 16.7. The number of rotatable bonds is 21. The second-order valence-corrected chi connectivity index (χ2v) is 17.9. The van der Waals surface area contributed by atoms with Crippen LogP contribution in [0.5, 0.6) is 0 Å². The van der Waals surface area contributed by atoms with E-state index < -0.39 is 35.2 Å². The van der Waals surface area contributed by atoms with Crippen molar-refractivity contribution in [2.75, 3.05) is 50.8 Å². The number of hydrogen-bond donors (Lipinski definition) is 4. The van der Waals surface area contributed by atoms with Crippen LogP contribution in [0.3, 0.4) is 0 Å². The van der Waals surface area contributed by atoms with E-state index in [0.717, 1.165) is 42.9 Å². The standard InChI is InChI=1S/C44H56F2N6O5S.C2HF3O2/c1-44(2,3)43(37-24-33(35-25-34(45)13-14-36(35)46)29-50(37)27-31-10-6-4-7-11-31)52(28-32-17-19-47-26-32)42(57)30-58-23-18-39(54)49-21-20-48-38(53)12-8-5-9-22-51-40(55)15-16-41(51)56;3-2(4,5)1(6)7/h4,6-7,10-11,13-16,24-25,29,32,43,47H,5,8-9,12,17-23,26-28,30H2,1-3H3,(H,48,53)(H,49,54);(H,6,7)/t32?,43-;/m0./s1. The Kier molecular flexibility index (Phi) is 19.7. The molecule has 19 heteroatoms. The van der Waals surface area contributed by atoms with Gasteiger partial charge >= 0.3 is 12.1 Å². The summed E-state index contributed by atoms with van der Waals surface area (Å²) in [4.78, 5) is 74.5. The summed E-state index contributed by atoms with van der Waals surface area (Å²) in [6, 6.07) is 14.8. The summed E-state index contributed by atoms with van der Waals surface area (Å²) in [6.45, 7) is 9.86. The number of nitrogens with one attached hydrogen (secondary N) is 3. The van der Waals surface area contributed by atoms with Gasteiger partial charge in [-0.05, 0) is 73.5 Å². The van der Waals surface area contributed by atoms with Crippen LogP contribution in [-0.2, 0) is 35.3 Å². The molecule has 1 saturated heterocycles. The van der Waals surface area contributed by atoms with Crippen molar-refractivity contribution in [1.29, 1.82) is 0 Å². The predicted octanol–water partition coefficient (Wildman–Crippen LogP) is 6.48. The highest BCUT2D eigenvalue weighted by molar-refractivity contribution is 7.99. The van der Waals surface area contributed by atoms with E-state index in [0.29, 0.717) is 56.6 Å². The van der Waals surface area contributed by atoms with E-state index in [1.807, 2.05) is 47.5 Å². The highest BCUT2D eigenvalue weighted by atomic mass is 32.2. The zero-order valence-electron chi connectivity index (χ0n) is 36.7. The number of carboxylic acid groups (broad SMARTS) is 1. The van der Waals surface area contributed by atoms with Gasteiger partial charge in [-0.1, -0.05) is 57.5 Å². The number of imide groups is 1. The van der Waals surface area contributed by atoms with Crippen molar-refractivity contribution in [2.24, 2.45) is 11.3 Å². The normalized spacial score (nSPS) is 15.4. The molecule has 5 amide bonds. The van der Waals surface area contributed by atoms with E-state index >= 15 is 4.39 Å². The lowest BCUT2D eigenvalue weighted by Gasteiger charge is -2.42. The van der Waals surface area contributed by atoms with Gasteiger partial charge in [0, 0.05) is 86.5 Å². The fourth-order valence-electron chi connectivity index (χ4n) is 7.48. The zero-order chi connectivity index (χ0) is 47.7. The van der Waals surface area contributed by atoms with Gasteiger partial charge in [0.2, 0.25) is 17.7 Å². The van der Waals surface area contributed by atoms with Crippen LogP contribution < -0.4 is 16.0 Å². The maximum Gasteiger partial charge on any atom is 0.490 e. The Hall–Kier alpha value is -5.56. The van der Waals surface area contributed by atoms with Crippen LogP contribution in [-0.4, -0.2) is 112 Å². The van der Waals surface area contributed by atoms with Crippen LogP contribution >= 0.6 is 11.8 Å². The maximum absolute atomic E-state index is 15.2. The summed E-state index contributed by atoms with van der Waals surface area (Å²) in [7, 11) is 0. The van der Waals surface area contributed by atoms with Crippen LogP contribution in [0, 0.1) is 23.0 Å². The molecule has 354 valence electrons. The molecule has 2 aliphatic heterocycles. The van der Waals surface area contributed by atoms with E-state index in [4.69, 9.17) is 9.90 Å². The largest absolute Gasteiger partial charge is 0.490 e. The van der Waals surface area contributed by atoms with E-state index in [1.165, 1.54) is 34.9 Å². The molecule has 0 aliphatic carbocycles. The molecular formula is C46H57F5N6O7S. The molecule has 2 atom stereocenters. The fraction of sp³-hybridized carbons (Fsp3) is 0.478. The SMILES string of the molecule is CC(C)(C)[C@H](c1cc(-c2cc(F)ccc2F)cn1Cc1ccccc1)N(CC1CCNC1)C(=O)CSCCC(=O)NCCNC(=O)CCCCCN1C(=O)C=CC1=O.O=C(O)C(F)(F)F. The van der Waals surface area contributed by atoms with Crippen molar-refractivity contribution in [3.8, 4) is 11.1 Å². The number of amides is 5. The number of carbonyl (C=O) groups excluding carboxylic acids is 5. The molecule has 3 heterocycles. The summed E-state index contributed by atoms with van der Waals surface area (Å²) >= 11 is 1.40. The van der Waals surface area contributed by atoms with Crippen LogP contribution in [0.25, 0.3) is 11.1 Å². The molecule has 0 radical (unpaired) electrons. The minimum atomic E-state index is -5.08. The Morgan fingerprint density at radius 2 is 1.55 bits per heavy atom. The number of aromatic nitrogens is 1. The number of carboxylic acids is 1. The monoisotopic (exact) mass is 932 g/mol. The molecule has 5 rings (SSSR count). The van der Waals surface area contributed by atoms with Gasteiger partial charge in [0.15, 0.2) is 0 Å². The number of thioether (sulfide) groups is 1. The second-order valence-electron chi connectivity index (χ2n) is 16.8. The van der Waals surface area contributed by atoms with Crippen molar-refractivity contribution in [1.82, 2.24) is 30.3 Å². The smallest absolute Gasteiger partial charge is 0.475 e.